The van der Waals surface area contributed by atoms with E-state index in [1.54, 1.807) is 23.0 Å². The highest BCUT2D eigenvalue weighted by molar-refractivity contribution is 5.80. The highest BCUT2D eigenvalue weighted by Crippen LogP contribution is 2.37. The van der Waals surface area contributed by atoms with Crippen molar-refractivity contribution in [3.63, 3.8) is 0 Å². The average Bonchev–Trinajstić information content (AvgIpc) is 3.56. The Bertz CT molecular complexity index is 1110. The summed E-state index contributed by atoms with van der Waals surface area (Å²) in [7, 11) is 1.90. The lowest BCUT2D eigenvalue weighted by Crippen LogP contribution is -2.32. The van der Waals surface area contributed by atoms with Crippen LogP contribution >= 0.6 is 0 Å². The SMILES string of the molecule is Cn1cc(-c2ccnc(N3CCCC3)n2)c([C@H]2CCCN2C(=O)Cc2ccc(F)cc2)n1. The van der Waals surface area contributed by atoms with Gasteiger partial charge in [-0.05, 0) is 49.4 Å². The number of aromatic nitrogens is 4. The average molecular weight is 435 g/mol. The number of halogens is 1. The number of hydrogen-bond acceptors (Lipinski definition) is 5. The number of aryl methyl sites for hydroxylation is 1. The van der Waals surface area contributed by atoms with Crippen LogP contribution in [0.4, 0.5) is 10.3 Å². The van der Waals surface area contributed by atoms with Crippen molar-refractivity contribution >= 4 is 11.9 Å². The van der Waals surface area contributed by atoms with Crippen molar-refractivity contribution in [2.24, 2.45) is 7.05 Å². The summed E-state index contributed by atoms with van der Waals surface area (Å²) in [6.45, 7) is 2.67. The van der Waals surface area contributed by atoms with E-state index in [1.807, 2.05) is 24.2 Å². The van der Waals surface area contributed by atoms with E-state index in [9.17, 15) is 9.18 Å². The Hall–Kier alpha value is -3.29. The largest absolute Gasteiger partial charge is 0.341 e. The van der Waals surface area contributed by atoms with E-state index in [2.05, 4.69) is 9.88 Å². The quantitative estimate of drug-likeness (QED) is 0.615. The molecule has 0 radical (unpaired) electrons. The minimum Gasteiger partial charge on any atom is -0.341 e. The summed E-state index contributed by atoms with van der Waals surface area (Å²) < 4.78 is 15.0. The molecule has 8 heteroatoms. The first-order valence-corrected chi connectivity index (χ1v) is 11.2. The summed E-state index contributed by atoms with van der Waals surface area (Å²) in [5.41, 5.74) is 3.47. The molecule has 32 heavy (non-hydrogen) atoms. The van der Waals surface area contributed by atoms with Crippen molar-refractivity contribution in [2.45, 2.75) is 38.1 Å². The van der Waals surface area contributed by atoms with Gasteiger partial charge in [-0.3, -0.25) is 9.48 Å². The number of amides is 1. The van der Waals surface area contributed by atoms with Crippen LogP contribution in [0.25, 0.3) is 11.3 Å². The Balaban J connectivity index is 1.42. The van der Waals surface area contributed by atoms with Crippen LogP contribution < -0.4 is 4.90 Å². The van der Waals surface area contributed by atoms with Gasteiger partial charge in [0.25, 0.3) is 0 Å². The highest BCUT2D eigenvalue weighted by Gasteiger charge is 2.34. The lowest BCUT2D eigenvalue weighted by Gasteiger charge is -2.24. The van der Waals surface area contributed by atoms with Gasteiger partial charge in [0.05, 0.1) is 23.9 Å². The van der Waals surface area contributed by atoms with Crippen molar-refractivity contribution in [3.05, 3.63) is 59.8 Å². The van der Waals surface area contributed by atoms with Gasteiger partial charge in [0.2, 0.25) is 11.9 Å². The highest BCUT2D eigenvalue weighted by atomic mass is 19.1. The molecule has 3 aromatic rings. The Labute approximate surface area is 186 Å². The van der Waals surface area contributed by atoms with Gasteiger partial charge in [-0.2, -0.15) is 5.10 Å². The third-order valence-electron chi connectivity index (χ3n) is 6.32. The zero-order valence-corrected chi connectivity index (χ0v) is 18.2. The minimum atomic E-state index is -0.295. The molecular weight excluding hydrogens is 407 g/mol. The zero-order chi connectivity index (χ0) is 22.1. The number of anilines is 1. The second kappa shape index (κ2) is 8.68. The van der Waals surface area contributed by atoms with E-state index in [4.69, 9.17) is 10.1 Å². The van der Waals surface area contributed by atoms with Crippen molar-refractivity contribution in [1.29, 1.82) is 0 Å². The molecule has 1 amide bonds. The number of carbonyl (C=O) groups is 1. The first-order valence-electron chi connectivity index (χ1n) is 11.2. The van der Waals surface area contributed by atoms with Crippen LogP contribution in [0.1, 0.15) is 43.0 Å². The van der Waals surface area contributed by atoms with E-state index >= 15 is 0 Å². The zero-order valence-electron chi connectivity index (χ0n) is 18.2. The molecule has 2 aliphatic rings. The molecule has 0 bridgehead atoms. The van der Waals surface area contributed by atoms with Crippen LogP contribution in [0.5, 0.6) is 0 Å². The van der Waals surface area contributed by atoms with E-state index in [0.717, 1.165) is 54.4 Å². The van der Waals surface area contributed by atoms with Gasteiger partial charge in [0, 0.05) is 44.6 Å². The van der Waals surface area contributed by atoms with E-state index in [-0.39, 0.29) is 24.2 Å². The molecule has 0 N–H and O–H groups in total. The van der Waals surface area contributed by atoms with Gasteiger partial charge in [0.15, 0.2) is 0 Å². The van der Waals surface area contributed by atoms with E-state index in [0.29, 0.717) is 6.54 Å². The smallest absolute Gasteiger partial charge is 0.227 e. The molecule has 166 valence electrons. The summed E-state index contributed by atoms with van der Waals surface area (Å²) in [6.07, 6.45) is 8.16. The second-order valence-corrected chi connectivity index (χ2v) is 8.59. The fraction of sp³-hybridized carbons (Fsp3) is 0.417. The van der Waals surface area contributed by atoms with Crippen LogP contribution in [0, 0.1) is 5.82 Å². The van der Waals surface area contributed by atoms with Gasteiger partial charge < -0.3 is 9.80 Å². The van der Waals surface area contributed by atoms with E-state index < -0.39 is 0 Å². The number of nitrogens with zero attached hydrogens (tertiary/aromatic N) is 6. The van der Waals surface area contributed by atoms with Crippen molar-refractivity contribution in [1.82, 2.24) is 24.6 Å². The molecule has 7 nitrogen and oxygen atoms in total. The fourth-order valence-corrected chi connectivity index (χ4v) is 4.74. The van der Waals surface area contributed by atoms with Crippen LogP contribution in [0.3, 0.4) is 0 Å². The summed E-state index contributed by atoms with van der Waals surface area (Å²) in [4.78, 5) is 26.6. The van der Waals surface area contributed by atoms with Crippen LogP contribution in [0.15, 0.2) is 42.7 Å². The predicted molar refractivity (Wildman–Crippen MR) is 119 cm³/mol. The summed E-state index contributed by atoms with van der Waals surface area (Å²) in [5.74, 6) is 0.498. The molecule has 1 aromatic carbocycles. The molecule has 0 aliphatic carbocycles. The molecule has 0 saturated carbocycles. The molecule has 0 unspecified atom stereocenters. The van der Waals surface area contributed by atoms with Crippen LogP contribution in [0.2, 0.25) is 0 Å². The number of rotatable bonds is 5. The maximum Gasteiger partial charge on any atom is 0.227 e. The molecule has 1 atom stereocenters. The molecule has 2 aliphatic heterocycles. The monoisotopic (exact) mass is 434 g/mol. The predicted octanol–water partition coefficient (Wildman–Crippen LogP) is 3.52. The lowest BCUT2D eigenvalue weighted by atomic mass is 10.0. The topological polar surface area (TPSA) is 67.2 Å². The maximum atomic E-state index is 13.2. The Morgan fingerprint density at radius 1 is 1.09 bits per heavy atom. The van der Waals surface area contributed by atoms with Crippen molar-refractivity contribution < 1.29 is 9.18 Å². The Morgan fingerprint density at radius 3 is 2.66 bits per heavy atom. The van der Waals surface area contributed by atoms with Crippen molar-refractivity contribution in [2.75, 3.05) is 24.5 Å². The molecule has 2 saturated heterocycles. The van der Waals surface area contributed by atoms with Gasteiger partial charge in [-0.15, -0.1) is 0 Å². The summed E-state index contributed by atoms with van der Waals surface area (Å²) >= 11 is 0. The number of likely N-dealkylation sites (tertiary alicyclic amines) is 1. The molecular formula is C24H27FN6O. The van der Waals surface area contributed by atoms with Crippen LogP contribution in [-0.2, 0) is 18.3 Å². The maximum absolute atomic E-state index is 13.2. The number of hydrogen-bond donors (Lipinski definition) is 0. The van der Waals surface area contributed by atoms with E-state index in [1.165, 1.54) is 25.0 Å². The Morgan fingerprint density at radius 2 is 1.88 bits per heavy atom. The standard InChI is InChI=1S/C24H27FN6O/c1-29-16-19(20-10-11-26-24(27-20)30-12-2-3-13-30)23(28-29)21-5-4-14-31(21)22(32)15-17-6-8-18(25)9-7-17/h6-11,16,21H,2-5,12-15H2,1H3/t21-/m1/s1. The molecule has 4 heterocycles. The van der Waals surface area contributed by atoms with Gasteiger partial charge in [0.1, 0.15) is 5.82 Å². The molecule has 5 rings (SSSR count). The van der Waals surface area contributed by atoms with Gasteiger partial charge in [-0.25, -0.2) is 14.4 Å². The third-order valence-corrected chi connectivity index (χ3v) is 6.32. The third kappa shape index (κ3) is 4.09. The second-order valence-electron chi connectivity index (χ2n) is 8.59. The summed E-state index contributed by atoms with van der Waals surface area (Å²) in [5, 5.41) is 4.75. The minimum absolute atomic E-state index is 0.0381. The lowest BCUT2D eigenvalue weighted by molar-refractivity contribution is -0.131. The Kier molecular flexibility index (Phi) is 5.59. The van der Waals surface area contributed by atoms with Crippen LogP contribution in [-0.4, -0.2) is 50.2 Å². The molecule has 2 fully saturated rings. The number of carbonyl (C=O) groups excluding carboxylic acids is 1. The van der Waals surface area contributed by atoms with Crippen molar-refractivity contribution in [3.8, 4) is 11.3 Å². The normalized spacial score (nSPS) is 18.5. The van der Waals surface area contributed by atoms with Gasteiger partial charge >= 0.3 is 0 Å². The molecule has 0 spiro atoms. The van der Waals surface area contributed by atoms with Gasteiger partial charge in [-0.1, -0.05) is 12.1 Å². The number of benzene rings is 1. The summed E-state index contributed by atoms with van der Waals surface area (Å²) in [6, 6.07) is 7.96. The fourth-order valence-electron chi connectivity index (χ4n) is 4.74. The first kappa shape index (κ1) is 20.6. The first-order chi connectivity index (χ1) is 15.6. The molecule has 2 aromatic heterocycles.